The smallest absolute Gasteiger partial charge is 0.268 e. The van der Waals surface area contributed by atoms with E-state index in [1.54, 1.807) is 30.3 Å². The number of carbonyl (C=O) groups excluding carboxylic acids is 1. The maximum Gasteiger partial charge on any atom is 0.268 e. The Kier molecular flexibility index (Phi) is 3.02. The van der Waals surface area contributed by atoms with Crippen molar-refractivity contribution in [2.24, 2.45) is 0 Å². The van der Waals surface area contributed by atoms with Gasteiger partial charge in [-0.2, -0.15) is 0 Å². The predicted octanol–water partition coefficient (Wildman–Crippen LogP) is 2.38. The van der Waals surface area contributed by atoms with Crippen LogP contribution < -0.4 is 0 Å². The molecule has 1 unspecified atom stereocenters. The molecule has 0 aromatic heterocycles. The van der Waals surface area contributed by atoms with Crippen LogP contribution in [0.2, 0.25) is 0 Å². The second-order valence-electron chi connectivity index (χ2n) is 2.70. The van der Waals surface area contributed by atoms with E-state index in [4.69, 9.17) is 0 Å². The van der Waals surface area contributed by atoms with E-state index in [1.165, 1.54) is 13.8 Å². The van der Waals surface area contributed by atoms with Gasteiger partial charge in [0.15, 0.2) is 0 Å². The highest BCUT2D eigenvalue weighted by atomic mass is 31.2. The molecule has 0 amide bonds. The van der Waals surface area contributed by atoms with Crippen LogP contribution in [0.15, 0.2) is 30.3 Å². The maximum atomic E-state index is 11.5. The Bertz CT molecular complexity index is 345. The molecule has 0 aliphatic heterocycles. The van der Waals surface area contributed by atoms with Gasteiger partial charge in [-0.05, 0) is 0 Å². The van der Waals surface area contributed by atoms with Gasteiger partial charge in [-0.25, -0.2) is 0 Å². The molecular formula is C9H11O3P. The van der Waals surface area contributed by atoms with Gasteiger partial charge in [-0.1, -0.05) is 30.3 Å². The van der Waals surface area contributed by atoms with Crippen molar-refractivity contribution < 1.29 is 13.9 Å². The summed E-state index contributed by atoms with van der Waals surface area (Å²) in [4.78, 5) is 11.5. The fraction of sp³-hybridized carbons (Fsp3) is 0.222. The second-order valence-corrected chi connectivity index (χ2v) is 5.16. The normalized spacial score (nSPS) is 14.9. The van der Waals surface area contributed by atoms with E-state index in [2.05, 4.69) is 4.52 Å². The largest absolute Gasteiger partial charge is 0.327 e. The lowest BCUT2D eigenvalue weighted by Gasteiger charge is -2.08. The van der Waals surface area contributed by atoms with Gasteiger partial charge in [0.25, 0.3) is 7.37 Å². The zero-order valence-corrected chi connectivity index (χ0v) is 8.45. The van der Waals surface area contributed by atoms with Gasteiger partial charge in [0.2, 0.25) is 5.52 Å². The molecule has 4 heteroatoms. The van der Waals surface area contributed by atoms with Crippen LogP contribution in [0.1, 0.15) is 10.4 Å². The van der Waals surface area contributed by atoms with Crippen molar-refractivity contribution in [2.75, 3.05) is 13.8 Å². The molecule has 1 aromatic carbocycles. The Balaban J connectivity index is 3.00. The lowest BCUT2D eigenvalue weighted by Crippen LogP contribution is -2.00. The number of carbonyl (C=O) groups is 1. The Hall–Kier alpha value is -0.920. The van der Waals surface area contributed by atoms with Crippen molar-refractivity contribution in [1.82, 2.24) is 0 Å². The zero-order valence-electron chi connectivity index (χ0n) is 7.56. The van der Waals surface area contributed by atoms with Crippen LogP contribution in [0.4, 0.5) is 0 Å². The third-order valence-corrected chi connectivity index (χ3v) is 3.43. The summed E-state index contributed by atoms with van der Waals surface area (Å²) in [5.74, 6) is 0. The molecule has 1 atom stereocenters. The third kappa shape index (κ3) is 2.27. The molecular weight excluding hydrogens is 187 g/mol. The Labute approximate surface area is 77.2 Å². The number of hydrogen-bond acceptors (Lipinski definition) is 3. The first-order valence-electron chi connectivity index (χ1n) is 3.81. The highest BCUT2D eigenvalue weighted by molar-refractivity contribution is 7.76. The van der Waals surface area contributed by atoms with Crippen molar-refractivity contribution in [3.8, 4) is 0 Å². The van der Waals surface area contributed by atoms with Crippen LogP contribution in [-0.4, -0.2) is 19.3 Å². The van der Waals surface area contributed by atoms with Crippen molar-refractivity contribution in [1.29, 1.82) is 0 Å². The first-order valence-corrected chi connectivity index (χ1v) is 5.88. The quantitative estimate of drug-likeness (QED) is 0.700. The standard InChI is InChI=1S/C9H11O3P/c1-12-13(2,11)9(10)8-6-4-3-5-7-8/h3-7H,1-2H3. The van der Waals surface area contributed by atoms with E-state index in [1.807, 2.05) is 0 Å². The number of hydrogen-bond donors (Lipinski definition) is 0. The van der Waals surface area contributed by atoms with Crippen molar-refractivity contribution in [3.05, 3.63) is 35.9 Å². The molecule has 70 valence electrons. The molecule has 0 N–H and O–H groups in total. The van der Waals surface area contributed by atoms with Crippen LogP contribution in [0.25, 0.3) is 0 Å². The highest BCUT2D eigenvalue weighted by Gasteiger charge is 2.26. The summed E-state index contributed by atoms with van der Waals surface area (Å²) in [6.07, 6.45) is 0. The summed E-state index contributed by atoms with van der Waals surface area (Å²) in [5, 5.41) is 0. The van der Waals surface area contributed by atoms with E-state index in [-0.39, 0.29) is 0 Å². The molecule has 0 bridgehead atoms. The Morgan fingerprint density at radius 3 is 2.31 bits per heavy atom. The minimum atomic E-state index is -3.13. The minimum absolute atomic E-state index is 0.426. The second kappa shape index (κ2) is 3.86. The van der Waals surface area contributed by atoms with Crippen LogP contribution in [-0.2, 0) is 9.09 Å². The number of benzene rings is 1. The molecule has 0 heterocycles. The van der Waals surface area contributed by atoms with E-state index in [0.717, 1.165) is 0 Å². The van der Waals surface area contributed by atoms with Crippen LogP contribution in [0.5, 0.6) is 0 Å². The lowest BCUT2D eigenvalue weighted by molar-refractivity contribution is 0.105. The fourth-order valence-electron chi connectivity index (χ4n) is 0.898. The molecule has 0 aliphatic rings. The molecule has 0 spiro atoms. The maximum absolute atomic E-state index is 11.5. The van der Waals surface area contributed by atoms with Gasteiger partial charge in [0.1, 0.15) is 0 Å². The molecule has 13 heavy (non-hydrogen) atoms. The molecule has 1 rings (SSSR count). The van der Waals surface area contributed by atoms with Crippen LogP contribution >= 0.6 is 7.37 Å². The zero-order chi connectivity index (χ0) is 9.90. The predicted molar refractivity (Wildman–Crippen MR) is 51.3 cm³/mol. The van der Waals surface area contributed by atoms with E-state index < -0.39 is 12.9 Å². The minimum Gasteiger partial charge on any atom is -0.327 e. The first kappa shape index (κ1) is 10.2. The van der Waals surface area contributed by atoms with Gasteiger partial charge >= 0.3 is 0 Å². The van der Waals surface area contributed by atoms with Gasteiger partial charge < -0.3 is 4.52 Å². The number of rotatable bonds is 3. The molecule has 3 nitrogen and oxygen atoms in total. The SMILES string of the molecule is COP(C)(=O)C(=O)c1ccccc1. The van der Waals surface area contributed by atoms with Gasteiger partial charge in [0, 0.05) is 19.3 Å². The summed E-state index contributed by atoms with van der Waals surface area (Å²) >= 11 is 0. The van der Waals surface area contributed by atoms with Gasteiger partial charge in [-0.15, -0.1) is 0 Å². The fourth-order valence-corrected chi connectivity index (χ4v) is 1.68. The molecule has 0 fully saturated rings. The topological polar surface area (TPSA) is 43.4 Å². The highest BCUT2D eigenvalue weighted by Crippen LogP contribution is 2.44. The third-order valence-electron chi connectivity index (χ3n) is 1.74. The van der Waals surface area contributed by atoms with E-state index in [9.17, 15) is 9.36 Å². The Morgan fingerprint density at radius 1 is 1.31 bits per heavy atom. The molecule has 0 radical (unpaired) electrons. The van der Waals surface area contributed by atoms with E-state index >= 15 is 0 Å². The summed E-state index contributed by atoms with van der Waals surface area (Å²) in [6.45, 7) is 1.32. The van der Waals surface area contributed by atoms with Crippen LogP contribution in [0.3, 0.4) is 0 Å². The summed E-state index contributed by atoms with van der Waals surface area (Å²) in [6, 6.07) is 8.49. The molecule has 0 aliphatic carbocycles. The molecule has 0 saturated heterocycles. The average molecular weight is 198 g/mol. The van der Waals surface area contributed by atoms with Crippen LogP contribution in [0, 0.1) is 0 Å². The van der Waals surface area contributed by atoms with Crippen molar-refractivity contribution in [3.63, 3.8) is 0 Å². The van der Waals surface area contributed by atoms with Gasteiger partial charge in [-0.3, -0.25) is 9.36 Å². The molecule has 0 saturated carbocycles. The molecule has 1 aromatic rings. The van der Waals surface area contributed by atoms with Gasteiger partial charge in [0.05, 0.1) is 0 Å². The summed E-state index contributed by atoms with van der Waals surface area (Å²) in [5.41, 5.74) is -0.00853. The van der Waals surface area contributed by atoms with Crippen molar-refractivity contribution in [2.45, 2.75) is 0 Å². The monoisotopic (exact) mass is 198 g/mol. The lowest BCUT2D eigenvalue weighted by atomic mass is 10.2. The summed E-state index contributed by atoms with van der Waals surface area (Å²) in [7, 11) is -1.85. The Morgan fingerprint density at radius 2 is 1.85 bits per heavy atom. The van der Waals surface area contributed by atoms with E-state index in [0.29, 0.717) is 5.56 Å². The summed E-state index contributed by atoms with van der Waals surface area (Å²) < 4.78 is 16.2. The van der Waals surface area contributed by atoms with Crippen molar-refractivity contribution >= 4 is 12.9 Å². The average Bonchev–Trinajstić information content (AvgIpc) is 2.18. The first-order chi connectivity index (χ1) is 6.08.